The van der Waals surface area contributed by atoms with Crippen molar-refractivity contribution in [3.05, 3.63) is 59.7 Å². The second kappa shape index (κ2) is 7.26. The molecule has 0 atom stereocenters. The molecule has 2 aromatic heterocycles. The van der Waals surface area contributed by atoms with Crippen molar-refractivity contribution < 1.29 is 13.6 Å². The van der Waals surface area contributed by atoms with E-state index in [9.17, 15) is 13.6 Å². The second-order valence-corrected chi connectivity index (χ2v) is 6.53. The maximum atomic E-state index is 12.9. The topological polar surface area (TPSA) is 77.6 Å². The molecule has 1 aromatic carbocycles. The summed E-state index contributed by atoms with van der Waals surface area (Å²) < 4.78 is 28.8. The molecule has 0 bridgehead atoms. The second-order valence-electron chi connectivity index (χ2n) is 6.53. The van der Waals surface area contributed by atoms with Crippen molar-refractivity contribution in [2.75, 3.05) is 5.32 Å². The van der Waals surface area contributed by atoms with E-state index in [2.05, 4.69) is 20.5 Å². The third-order valence-corrected chi connectivity index (χ3v) is 4.32. The summed E-state index contributed by atoms with van der Waals surface area (Å²) in [4.78, 5) is 16.3. The van der Waals surface area contributed by atoms with E-state index in [0.717, 1.165) is 18.4 Å². The van der Waals surface area contributed by atoms with Crippen LogP contribution in [0.3, 0.4) is 0 Å². The molecule has 1 aliphatic carbocycles. The molecule has 0 radical (unpaired) electrons. The van der Waals surface area contributed by atoms with Gasteiger partial charge in [-0.05, 0) is 24.5 Å². The monoisotopic (exact) mass is 372 g/mol. The largest absolute Gasteiger partial charge is 0.292 e. The molecule has 0 spiro atoms. The molecule has 7 nitrogen and oxygen atoms in total. The minimum Gasteiger partial charge on any atom is -0.292 e. The lowest BCUT2D eigenvalue weighted by molar-refractivity contribution is -0.117. The van der Waals surface area contributed by atoms with Gasteiger partial charge >= 0.3 is 0 Å². The Morgan fingerprint density at radius 2 is 2.00 bits per heavy atom. The number of nitrogens with zero attached hydrogens (tertiary/aromatic N) is 5. The highest BCUT2D eigenvalue weighted by Crippen LogP contribution is 2.41. The van der Waals surface area contributed by atoms with Crippen LogP contribution in [0.25, 0.3) is 0 Å². The van der Waals surface area contributed by atoms with Gasteiger partial charge in [0, 0.05) is 11.6 Å². The Hall–Kier alpha value is -3.10. The SMILES string of the molecule is O=C(Cn1nc(C(F)F)cc1C1CC1)Nc1ncn(Cc2ccccc2)n1. The van der Waals surface area contributed by atoms with E-state index in [-0.39, 0.29) is 24.1 Å². The summed E-state index contributed by atoms with van der Waals surface area (Å²) in [6, 6.07) is 11.1. The first-order chi connectivity index (χ1) is 13.1. The number of amides is 1. The first-order valence-corrected chi connectivity index (χ1v) is 8.67. The van der Waals surface area contributed by atoms with Crippen LogP contribution in [-0.4, -0.2) is 30.5 Å². The van der Waals surface area contributed by atoms with Gasteiger partial charge in [-0.2, -0.15) is 5.10 Å². The third kappa shape index (κ3) is 4.18. The van der Waals surface area contributed by atoms with Gasteiger partial charge < -0.3 is 0 Å². The highest BCUT2D eigenvalue weighted by Gasteiger charge is 2.30. The summed E-state index contributed by atoms with van der Waals surface area (Å²) in [7, 11) is 0. The van der Waals surface area contributed by atoms with Gasteiger partial charge in [-0.25, -0.2) is 18.4 Å². The Morgan fingerprint density at radius 1 is 1.22 bits per heavy atom. The summed E-state index contributed by atoms with van der Waals surface area (Å²) >= 11 is 0. The molecule has 4 rings (SSSR count). The predicted molar refractivity (Wildman–Crippen MR) is 93.4 cm³/mol. The van der Waals surface area contributed by atoms with Crippen LogP contribution in [0.5, 0.6) is 0 Å². The van der Waals surface area contributed by atoms with Crippen molar-refractivity contribution in [3.8, 4) is 0 Å². The normalized spacial score (nSPS) is 13.9. The van der Waals surface area contributed by atoms with E-state index >= 15 is 0 Å². The van der Waals surface area contributed by atoms with Crippen LogP contribution in [0, 0.1) is 0 Å². The molecule has 1 fully saturated rings. The molecular formula is C18H18F2N6O. The average Bonchev–Trinajstić information content (AvgIpc) is 3.26. The van der Waals surface area contributed by atoms with E-state index in [0.29, 0.717) is 12.2 Å². The number of hydrogen-bond acceptors (Lipinski definition) is 4. The third-order valence-electron chi connectivity index (χ3n) is 4.32. The number of alkyl halides is 2. The Balaban J connectivity index is 1.40. The first kappa shape index (κ1) is 17.3. The van der Waals surface area contributed by atoms with Gasteiger partial charge in [-0.3, -0.25) is 14.8 Å². The minimum absolute atomic E-state index is 0.147. The Labute approximate surface area is 154 Å². The van der Waals surface area contributed by atoms with Crippen molar-refractivity contribution in [1.82, 2.24) is 24.5 Å². The fourth-order valence-corrected chi connectivity index (χ4v) is 2.89. The fourth-order valence-electron chi connectivity index (χ4n) is 2.89. The van der Waals surface area contributed by atoms with E-state index in [1.165, 1.54) is 17.1 Å². The van der Waals surface area contributed by atoms with Gasteiger partial charge in [0.2, 0.25) is 11.9 Å². The van der Waals surface area contributed by atoms with E-state index in [1.54, 1.807) is 4.68 Å². The van der Waals surface area contributed by atoms with Crippen LogP contribution < -0.4 is 5.32 Å². The summed E-state index contributed by atoms with van der Waals surface area (Å²) in [5.41, 5.74) is 1.45. The summed E-state index contributed by atoms with van der Waals surface area (Å²) in [5.74, 6) is -0.0237. The number of aromatic nitrogens is 5. The molecular weight excluding hydrogens is 354 g/mol. The van der Waals surface area contributed by atoms with Gasteiger partial charge in [-0.1, -0.05) is 30.3 Å². The lowest BCUT2D eigenvalue weighted by Crippen LogP contribution is -2.21. The van der Waals surface area contributed by atoms with Crippen LogP contribution in [0.15, 0.2) is 42.7 Å². The molecule has 1 N–H and O–H groups in total. The lowest BCUT2D eigenvalue weighted by Gasteiger charge is -2.06. The lowest BCUT2D eigenvalue weighted by atomic mass is 10.2. The quantitative estimate of drug-likeness (QED) is 0.692. The Bertz CT molecular complexity index is 932. The number of nitrogens with one attached hydrogen (secondary N) is 1. The molecule has 3 aromatic rings. The molecule has 140 valence electrons. The number of benzene rings is 1. The maximum absolute atomic E-state index is 12.9. The van der Waals surface area contributed by atoms with Crippen LogP contribution >= 0.6 is 0 Å². The summed E-state index contributed by atoms with van der Waals surface area (Å²) in [5, 5.41) is 10.7. The van der Waals surface area contributed by atoms with Gasteiger partial charge in [0.1, 0.15) is 18.6 Å². The first-order valence-electron chi connectivity index (χ1n) is 8.67. The molecule has 9 heteroatoms. The molecule has 0 aliphatic heterocycles. The van der Waals surface area contributed by atoms with Crippen LogP contribution in [0.4, 0.5) is 14.7 Å². The van der Waals surface area contributed by atoms with Crippen LogP contribution in [0.2, 0.25) is 0 Å². The minimum atomic E-state index is -2.65. The summed E-state index contributed by atoms with van der Waals surface area (Å²) in [6.45, 7) is 0.387. The van der Waals surface area contributed by atoms with Crippen LogP contribution in [0.1, 0.15) is 42.1 Å². The number of carbonyl (C=O) groups is 1. The van der Waals surface area contributed by atoms with Crippen LogP contribution in [-0.2, 0) is 17.9 Å². The molecule has 1 amide bonds. The van der Waals surface area contributed by atoms with Gasteiger partial charge in [-0.15, -0.1) is 5.10 Å². The molecule has 1 aliphatic rings. The van der Waals surface area contributed by atoms with Crippen molar-refractivity contribution in [2.24, 2.45) is 0 Å². The number of anilines is 1. The highest BCUT2D eigenvalue weighted by atomic mass is 19.3. The summed E-state index contributed by atoms with van der Waals surface area (Å²) in [6.07, 6.45) is 0.742. The zero-order valence-electron chi connectivity index (χ0n) is 14.4. The predicted octanol–water partition coefficient (Wildman–Crippen LogP) is 2.98. The average molecular weight is 372 g/mol. The maximum Gasteiger partial charge on any atom is 0.282 e. The number of rotatable bonds is 7. The van der Waals surface area contributed by atoms with Crippen molar-refractivity contribution in [3.63, 3.8) is 0 Å². The van der Waals surface area contributed by atoms with Crippen molar-refractivity contribution in [1.29, 1.82) is 0 Å². The zero-order chi connectivity index (χ0) is 18.8. The van der Waals surface area contributed by atoms with E-state index in [1.807, 2.05) is 30.3 Å². The molecule has 0 unspecified atom stereocenters. The van der Waals surface area contributed by atoms with Gasteiger partial charge in [0.25, 0.3) is 6.43 Å². The van der Waals surface area contributed by atoms with E-state index in [4.69, 9.17) is 0 Å². The molecule has 2 heterocycles. The van der Waals surface area contributed by atoms with E-state index < -0.39 is 12.3 Å². The van der Waals surface area contributed by atoms with Crippen molar-refractivity contribution in [2.45, 2.75) is 38.3 Å². The van der Waals surface area contributed by atoms with Crippen molar-refractivity contribution >= 4 is 11.9 Å². The highest BCUT2D eigenvalue weighted by molar-refractivity contribution is 5.88. The Kier molecular flexibility index (Phi) is 4.66. The smallest absolute Gasteiger partial charge is 0.282 e. The molecule has 1 saturated carbocycles. The zero-order valence-corrected chi connectivity index (χ0v) is 14.4. The van der Waals surface area contributed by atoms with Gasteiger partial charge in [0.15, 0.2) is 0 Å². The number of halogens is 2. The standard InChI is InChI=1S/C18H18F2N6O/c19-17(20)14-8-15(13-6-7-13)26(23-14)10-16(27)22-18-21-11-25(24-18)9-12-4-2-1-3-5-12/h1-5,8,11,13,17H,6-7,9-10H2,(H,22,24,27). The number of carbonyl (C=O) groups excluding carboxylic acids is 1. The number of hydrogen-bond donors (Lipinski definition) is 1. The Morgan fingerprint density at radius 3 is 2.70 bits per heavy atom. The molecule has 0 saturated heterocycles. The molecule has 27 heavy (non-hydrogen) atoms. The van der Waals surface area contributed by atoms with Gasteiger partial charge in [0.05, 0.1) is 6.54 Å². The fraction of sp³-hybridized carbons (Fsp3) is 0.333.